The second-order valence-electron chi connectivity index (χ2n) is 19.1. The lowest BCUT2D eigenvalue weighted by molar-refractivity contribution is -0.0545. The Balaban J connectivity index is 0.000000214. The molecule has 2 amide bonds. The zero-order valence-corrected chi connectivity index (χ0v) is 40.4. The van der Waals surface area contributed by atoms with Crippen LogP contribution in [0.25, 0.3) is 0 Å². The molecule has 17 nitrogen and oxygen atoms in total. The van der Waals surface area contributed by atoms with E-state index in [0.717, 1.165) is 25.7 Å². The molecule has 2 aromatic carbocycles. The largest absolute Gasteiger partial charge is 0.390 e. The number of ether oxygens (including phenoxy) is 2. The van der Waals surface area contributed by atoms with Crippen LogP contribution in [0.5, 0.6) is 0 Å². The maximum atomic E-state index is 13.2. The number of aromatic nitrogens is 4. The van der Waals surface area contributed by atoms with Crippen LogP contribution in [0.2, 0.25) is 0 Å². The third-order valence-corrected chi connectivity index (χ3v) is 15.1. The number of amides is 2. The van der Waals surface area contributed by atoms with Crippen LogP contribution in [-0.4, -0.2) is 83.8 Å². The van der Waals surface area contributed by atoms with Crippen molar-refractivity contribution in [2.75, 3.05) is 17.2 Å². The Morgan fingerprint density at radius 2 is 1.25 bits per heavy atom. The second-order valence-corrected chi connectivity index (χ2v) is 20.5. The first-order chi connectivity index (χ1) is 31.9. The molecular weight excluding hydrogens is 876 g/mol. The summed E-state index contributed by atoms with van der Waals surface area (Å²) in [6, 6.07) is 20.0. The van der Waals surface area contributed by atoms with Crippen LogP contribution in [0.15, 0.2) is 82.6 Å². The third-order valence-electron chi connectivity index (χ3n) is 12.9. The van der Waals surface area contributed by atoms with Crippen molar-refractivity contribution in [1.29, 1.82) is 5.26 Å². The number of aliphatic hydroxyl groups is 1. The summed E-state index contributed by atoms with van der Waals surface area (Å²) in [7, 11) is -1.46. The molecule has 18 heteroatoms. The lowest BCUT2D eigenvalue weighted by Gasteiger charge is -2.38. The van der Waals surface area contributed by atoms with Gasteiger partial charge in [0.15, 0.2) is 0 Å². The Bertz CT molecular complexity index is 2530. The van der Waals surface area contributed by atoms with Gasteiger partial charge in [-0.05, 0) is 102 Å². The molecule has 4 aliphatic rings. The fourth-order valence-electron chi connectivity index (χ4n) is 8.69. The van der Waals surface area contributed by atoms with Gasteiger partial charge in [0.05, 0.1) is 43.5 Å². The predicted octanol–water partition coefficient (Wildman–Crippen LogP) is 7.81. The average Bonchev–Trinajstić information content (AvgIpc) is 4.13. The molecule has 8 rings (SSSR count). The van der Waals surface area contributed by atoms with Gasteiger partial charge in [-0.2, -0.15) is 15.2 Å². The zero-order valence-electron chi connectivity index (χ0n) is 39.5. The lowest BCUT2D eigenvalue weighted by Crippen LogP contribution is -2.37. The minimum Gasteiger partial charge on any atom is -0.390 e. The number of anilines is 2. The van der Waals surface area contributed by atoms with Gasteiger partial charge in [-0.15, -0.1) is 0 Å². The number of carbonyl (C=O) groups is 2. The molecule has 2 saturated carbocycles. The number of hydrogen-bond donors (Lipinski definition) is 3. The Morgan fingerprint density at radius 1 is 0.806 bits per heavy atom. The van der Waals surface area contributed by atoms with E-state index in [-0.39, 0.29) is 77.7 Å². The monoisotopic (exact) mass is 938 g/mol. The first-order valence-corrected chi connectivity index (χ1v) is 24.2. The maximum Gasteiger partial charge on any atom is 0.351 e. The Hall–Kier alpha value is -5.18. The summed E-state index contributed by atoms with van der Waals surface area (Å²) in [4.78, 5) is 58.9. The molecular formula is C49H63N8O9P. The highest BCUT2D eigenvalue weighted by Gasteiger charge is 2.56. The molecule has 3 unspecified atom stereocenters. The number of rotatable bonds is 16. The molecule has 0 radical (unpaired) electrons. The molecule has 4 aromatic rings. The summed E-state index contributed by atoms with van der Waals surface area (Å²) in [5, 5.41) is 24.8. The van der Waals surface area contributed by atoms with E-state index in [1.165, 1.54) is 9.13 Å². The Labute approximate surface area is 392 Å². The van der Waals surface area contributed by atoms with Crippen molar-refractivity contribution < 1.29 is 33.2 Å². The minimum atomic E-state index is -1.46. The van der Waals surface area contributed by atoms with Crippen molar-refractivity contribution in [3.63, 3.8) is 0 Å². The third kappa shape index (κ3) is 11.8. The van der Waals surface area contributed by atoms with Gasteiger partial charge in [-0.3, -0.25) is 18.7 Å². The number of aryl methyl sites for hydroxylation is 2. The Morgan fingerprint density at radius 3 is 1.70 bits per heavy atom. The van der Waals surface area contributed by atoms with Gasteiger partial charge in [-0.1, -0.05) is 50.2 Å². The highest BCUT2D eigenvalue weighted by Crippen LogP contribution is 2.58. The molecule has 2 aromatic heterocycles. The van der Waals surface area contributed by atoms with Crippen LogP contribution in [0.4, 0.5) is 11.6 Å². The molecule has 4 fully saturated rings. The highest BCUT2D eigenvalue weighted by molar-refractivity contribution is 7.44. The van der Waals surface area contributed by atoms with Gasteiger partial charge >= 0.3 is 11.4 Å². The van der Waals surface area contributed by atoms with Crippen LogP contribution in [0, 0.1) is 36.0 Å². The van der Waals surface area contributed by atoms with E-state index in [1.54, 1.807) is 74.8 Å². The van der Waals surface area contributed by atoms with Crippen LogP contribution in [0.3, 0.4) is 0 Å². The summed E-state index contributed by atoms with van der Waals surface area (Å²) >= 11 is 0. The average molecular weight is 939 g/mol. The van der Waals surface area contributed by atoms with E-state index in [0.29, 0.717) is 35.1 Å². The van der Waals surface area contributed by atoms with Crippen molar-refractivity contribution in [1.82, 2.24) is 23.8 Å². The zero-order chi connectivity index (χ0) is 48.2. The molecule has 3 N–H and O–H groups in total. The SMILES string of the molecule is Cc1cn([C@H]2CC(O)[C@@H](C3(C)CC3)O2)c(=O)nc1NC(=O)c1ccccc1.Cc1cn([C@H]2CC(OP(OCCC#N)N(C(C)C)C(C)C)[C@@H](C3(C)CC3)O2)c(=O)nc1NC(=O)c1ccccc1. The normalized spacial score (nSPS) is 23.9. The van der Waals surface area contributed by atoms with Crippen LogP contribution >= 0.6 is 8.53 Å². The number of carbonyl (C=O) groups excluding carboxylic acids is 2. The number of nitrogens with one attached hydrogen (secondary N) is 2. The molecule has 2 aliphatic carbocycles. The quantitative estimate of drug-likeness (QED) is 0.0724. The summed E-state index contributed by atoms with van der Waals surface area (Å²) in [5.41, 5.74) is 1.23. The van der Waals surface area contributed by atoms with E-state index in [4.69, 9.17) is 23.8 Å². The standard InChI is InChI=1S/C29H40N5O5P.C20H23N3O4/c1-19(2)34(20(3)4)40(37-16-10-15-30)39-23-17-24(38-25(23)29(6)13-14-29)33-18-21(5)26(32-28(33)36)31-27(35)22-11-8-7-9-12-22;1-12-11-23(15-10-14(24)16(27-15)20(2)8-9-20)19(26)22-17(12)21-18(25)13-6-4-3-5-7-13/h7-9,11-12,18-20,23-25H,10,13-14,16-17H2,1-6H3,(H,31,32,35,36);3-7,11,14-16,24H,8-10H2,1-2H3,(H,21,22,25,26)/t23?,24-,25+,40?;14?,15-,16+/m11/s1. The molecule has 7 atom stereocenters. The number of aliphatic hydroxyl groups excluding tert-OH is 1. The smallest absolute Gasteiger partial charge is 0.351 e. The molecule has 67 heavy (non-hydrogen) atoms. The van der Waals surface area contributed by atoms with Crippen molar-refractivity contribution >= 4 is 32.0 Å². The van der Waals surface area contributed by atoms with Gasteiger partial charge in [-0.25, -0.2) is 14.3 Å². The van der Waals surface area contributed by atoms with Gasteiger partial charge in [0.25, 0.3) is 20.3 Å². The minimum absolute atomic E-state index is 0.00382. The molecule has 0 bridgehead atoms. The van der Waals surface area contributed by atoms with Gasteiger partial charge < -0.3 is 34.3 Å². The fourth-order valence-corrected chi connectivity index (χ4v) is 10.4. The summed E-state index contributed by atoms with van der Waals surface area (Å²) in [6.45, 7) is 16.6. The Kier molecular flexibility index (Phi) is 15.6. The maximum absolute atomic E-state index is 13.2. The van der Waals surface area contributed by atoms with E-state index in [2.05, 4.69) is 72.9 Å². The van der Waals surface area contributed by atoms with Gasteiger partial charge in [0.2, 0.25) is 0 Å². The van der Waals surface area contributed by atoms with E-state index in [9.17, 15) is 24.3 Å². The number of benzene rings is 2. The highest BCUT2D eigenvalue weighted by atomic mass is 31.2. The first kappa shape index (κ1) is 49.7. The van der Waals surface area contributed by atoms with Crippen LogP contribution in [0.1, 0.15) is 131 Å². The molecule has 4 heterocycles. The van der Waals surface area contributed by atoms with Crippen molar-refractivity contribution in [2.24, 2.45) is 10.8 Å². The summed E-state index contributed by atoms with van der Waals surface area (Å²) < 4.78 is 30.5. The molecule has 2 aliphatic heterocycles. The first-order valence-electron chi connectivity index (χ1n) is 23.1. The number of hydrogen-bond acceptors (Lipinski definition) is 13. The number of nitrogens with zero attached hydrogens (tertiary/aromatic N) is 6. The van der Waals surface area contributed by atoms with Crippen molar-refractivity contribution in [2.45, 2.75) is 149 Å². The summed E-state index contributed by atoms with van der Waals surface area (Å²) in [5.74, 6) is -0.192. The second kappa shape index (κ2) is 21.0. The van der Waals surface area contributed by atoms with Crippen molar-refractivity contribution in [3.8, 4) is 6.07 Å². The fraction of sp³-hybridized carbons (Fsp3) is 0.531. The molecule has 0 spiro atoms. The van der Waals surface area contributed by atoms with E-state index in [1.807, 2.05) is 12.1 Å². The van der Waals surface area contributed by atoms with E-state index >= 15 is 0 Å². The topological polar surface area (TPSA) is 212 Å². The molecule has 2 saturated heterocycles. The lowest BCUT2D eigenvalue weighted by atomic mass is 9.97. The van der Waals surface area contributed by atoms with Crippen LogP contribution < -0.4 is 22.0 Å². The van der Waals surface area contributed by atoms with Gasteiger partial charge in [0, 0.05) is 59.6 Å². The van der Waals surface area contributed by atoms with E-state index < -0.39 is 38.5 Å². The summed E-state index contributed by atoms with van der Waals surface area (Å²) in [6.07, 6.45) is 6.05. The van der Waals surface area contributed by atoms with Crippen molar-refractivity contribution in [3.05, 3.63) is 116 Å². The number of nitriles is 1. The molecule has 358 valence electrons. The van der Waals surface area contributed by atoms with Gasteiger partial charge in [0.1, 0.15) is 24.1 Å². The van der Waals surface area contributed by atoms with Crippen LogP contribution in [-0.2, 0) is 18.5 Å². The predicted molar refractivity (Wildman–Crippen MR) is 253 cm³/mol.